The first-order chi connectivity index (χ1) is 8.23. The van der Waals surface area contributed by atoms with Crippen molar-refractivity contribution < 1.29 is 22.0 Å². The number of anilines is 1. The van der Waals surface area contributed by atoms with Crippen LogP contribution in [-0.2, 0) is 0 Å². The second-order valence-electron chi connectivity index (χ2n) is 4.26. The zero-order valence-electron chi connectivity index (χ0n) is 9.23. The quantitative estimate of drug-likeness (QED) is 0.586. The largest absolute Gasteiger partial charge is 0.393 e. The molecule has 0 aromatic heterocycles. The molecule has 1 aromatic carbocycles. The maximum absolute atomic E-state index is 13.6. The van der Waals surface area contributed by atoms with Crippen molar-refractivity contribution in [2.24, 2.45) is 5.92 Å². The van der Waals surface area contributed by atoms with Crippen molar-refractivity contribution >= 4 is 17.3 Å². The van der Waals surface area contributed by atoms with Gasteiger partial charge < -0.3 is 4.90 Å². The molecule has 0 N–H and O–H groups in total. The van der Waals surface area contributed by atoms with E-state index in [1.54, 1.807) is 0 Å². The molecule has 1 nitrogen and oxygen atoms in total. The number of benzene rings is 1. The lowest BCUT2D eigenvalue weighted by Gasteiger charge is -2.21. The Morgan fingerprint density at radius 3 is 2.39 bits per heavy atom. The molecule has 0 bridgehead atoms. The minimum absolute atomic E-state index is 0.0889. The maximum atomic E-state index is 13.6. The Kier molecular flexibility index (Phi) is 3.17. The zero-order chi connectivity index (χ0) is 13.7. The molecule has 0 heterocycles. The molecule has 0 radical (unpaired) electrons. The number of nitrogens with zero attached hydrogens (tertiary/aromatic N) is 1. The van der Waals surface area contributed by atoms with E-state index in [2.05, 4.69) is 0 Å². The Morgan fingerprint density at radius 2 is 1.89 bits per heavy atom. The monoisotopic (exact) mass is 285 g/mol. The molecular formula is C11H9ClF5N. The van der Waals surface area contributed by atoms with Crippen molar-refractivity contribution in [3.63, 3.8) is 0 Å². The number of halogens is 6. The van der Waals surface area contributed by atoms with Gasteiger partial charge in [-0.05, 0) is 18.6 Å². The zero-order valence-corrected chi connectivity index (χ0v) is 9.99. The van der Waals surface area contributed by atoms with Gasteiger partial charge in [-0.15, -0.1) is 0 Å². The topological polar surface area (TPSA) is 3.24 Å². The fourth-order valence-electron chi connectivity index (χ4n) is 1.93. The summed E-state index contributed by atoms with van der Waals surface area (Å²) < 4.78 is 63.8. The van der Waals surface area contributed by atoms with E-state index >= 15 is 0 Å². The Bertz CT molecular complexity index is 473. The summed E-state index contributed by atoms with van der Waals surface area (Å²) in [6, 6.07) is 1.20. The molecular weight excluding hydrogens is 277 g/mol. The minimum Gasteiger partial charge on any atom is -0.369 e. The molecule has 18 heavy (non-hydrogen) atoms. The predicted octanol–water partition coefficient (Wildman–Crippen LogP) is 4.01. The molecule has 100 valence electrons. The summed E-state index contributed by atoms with van der Waals surface area (Å²) in [5.41, 5.74) is -0.127. The number of rotatable bonds is 2. The van der Waals surface area contributed by atoms with Crippen LogP contribution < -0.4 is 4.90 Å². The number of hydrogen-bond donors (Lipinski definition) is 0. The standard InChI is InChI=1S/C11H9ClF5N/c1-18(8-4-5(8)11(15,16)17)7-3-2-6(13)9(12)10(7)14/h2-3,5,8H,4H2,1H3/t5-,8-/m0/s1. The summed E-state index contributed by atoms with van der Waals surface area (Å²) >= 11 is 5.38. The average Bonchev–Trinajstić information content (AvgIpc) is 3.04. The summed E-state index contributed by atoms with van der Waals surface area (Å²) in [7, 11) is 1.34. The lowest BCUT2D eigenvalue weighted by molar-refractivity contribution is -0.148. The molecule has 0 aliphatic heterocycles. The highest BCUT2D eigenvalue weighted by Gasteiger charge is 2.57. The molecule has 0 amide bonds. The summed E-state index contributed by atoms with van der Waals surface area (Å²) in [6.45, 7) is 0. The molecule has 0 unspecified atom stereocenters. The van der Waals surface area contributed by atoms with Crippen LogP contribution in [0.4, 0.5) is 27.6 Å². The van der Waals surface area contributed by atoms with Gasteiger partial charge in [0.1, 0.15) is 10.8 Å². The van der Waals surface area contributed by atoms with Crippen LogP contribution in [0.15, 0.2) is 12.1 Å². The normalized spacial score (nSPS) is 23.1. The summed E-state index contributed by atoms with van der Waals surface area (Å²) in [6.07, 6.45) is -4.38. The first-order valence-electron chi connectivity index (χ1n) is 5.16. The smallest absolute Gasteiger partial charge is 0.369 e. The summed E-state index contributed by atoms with van der Waals surface area (Å²) in [4.78, 5) is 1.15. The fourth-order valence-corrected chi connectivity index (χ4v) is 2.09. The highest BCUT2D eigenvalue weighted by molar-refractivity contribution is 6.31. The Balaban J connectivity index is 2.22. The lowest BCUT2D eigenvalue weighted by atomic mass is 10.2. The Labute approximate surface area is 105 Å². The van der Waals surface area contributed by atoms with E-state index in [9.17, 15) is 22.0 Å². The molecule has 1 fully saturated rings. The number of alkyl halides is 3. The highest BCUT2D eigenvalue weighted by Crippen LogP contribution is 2.48. The van der Waals surface area contributed by atoms with E-state index in [-0.39, 0.29) is 12.1 Å². The summed E-state index contributed by atoms with van der Waals surface area (Å²) in [5.74, 6) is -3.44. The van der Waals surface area contributed by atoms with Crippen LogP contribution in [0.25, 0.3) is 0 Å². The molecule has 1 aliphatic rings. The third kappa shape index (κ3) is 2.25. The SMILES string of the molecule is CN(c1ccc(F)c(Cl)c1F)[C@H]1C[C@@H]1C(F)(F)F. The van der Waals surface area contributed by atoms with Gasteiger partial charge in [0.25, 0.3) is 0 Å². The minimum atomic E-state index is -4.29. The fraction of sp³-hybridized carbons (Fsp3) is 0.455. The van der Waals surface area contributed by atoms with Crippen molar-refractivity contribution in [3.05, 3.63) is 28.8 Å². The van der Waals surface area contributed by atoms with E-state index < -0.39 is 34.8 Å². The van der Waals surface area contributed by atoms with Crippen molar-refractivity contribution in [1.29, 1.82) is 0 Å². The predicted molar refractivity (Wildman–Crippen MR) is 57.7 cm³/mol. The lowest BCUT2D eigenvalue weighted by Crippen LogP contribution is -2.27. The third-order valence-corrected chi connectivity index (χ3v) is 3.42. The summed E-state index contributed by atoms with van der Waals surface area (Å²) in [5, 5.41) is -0.705. The van der Waals surface area contributed by atoms with Gasteiger partial charge in [-0.2, -0.15) is 13.2 Å². The van der Waals surface area contributed by atoms with Gasteiger partial charge in [0, 0.05) is 13.1 Å². The molecule has 1 saturated carbocycles. The van der Waals surface area contributed by atoms with Gasteiger partial charge in [0.2, 0.25) is 0 Å². The molecule has 2 atom stereocenters. The van der Waals surface area contributed by atoms with Gasteiger partial charge in [0.15, 0.2) is 5.82 Å². The van der Waals surface area contributed by atoms with E-state index in [0.29, 0.717) is 0 Å². The van der Waals surface area contributed by atoms with E-state index in [0.717, 1.165) is 17.0 Å². The molecule has 7 heteroatoms. The van der Waals surface area contributed by atoms with Crippen LogP contribution in [-0.4, -0.2) is 19.3 Å². The van der Waals surface area contributed by atoms with E-state index in [1.165, 1.54) is 7.05 Å². The maximum Gasteiger partial charge on any atom is 0.393 e. The second-order valence-corrected chi connectivity index (χ2v) is 4.63. The molecule has 0 spiro atoms. The Hall–Kier alpha value is -1.04. The average molecular weight is 286 g/mol. The van der Waals surface area contributed by atoms with E-state index in [4.69, 9.17) is 11.6 Å². The molecule has 1 aromatic rings. The van der Waals surface area contributed by atoms with Crippen LogP contribution in [0, 0.1) is 17.6 Å². The van der Waals surface area contributed by atoms with E-state index in [1.807, 2.05) is 0 Å². The van der Waals surface area contributed by atoms with Gasteiger partial charge in [-0.25, -0.2) is 8.78 Å². The van der Waals surface area contributed by atoms with Crippen molar-refractivity contribution in [2.45, 2.75) is 18.6 Å². The van der Waals surface area contributed by atoms with Crippen LogP contribution in [0.1, 0.15) is 6.42 Å². The first-order valence-corrected chi connectivity index (χ1v) is 5.54. The van der Waals surface area contributed by atoms with Crippen LogP contribution in [0.5, 0.6) is 0 Å². The van der Waals surface area contributed by atoms with Crippen LogP contribution in [0.3, 0.4) is 0 Å². The molecule has 0 saturated heterocycles. The van der Waals surface area contributed by atoms with Crippen molar-refractivity contribution in [2.75, 3.05) is 11.9 Å². The Morgan fingerprint density at radius 1 is 1.28 bits per heavy atom. The first kappa shape index (κ1) is 13.4. The molecule has 1 aliphatic carbocycles. The third-order valence-electron chi connectivity index (χ3n) is 3.07. The second kappa shape index (κ2) is 4.26. The van der Waals surface area contributed by atoms with Crippen LogP contribution >= 0.6 is 11.6 Å². The van der Waals surface area contributed by atoms with Gasteiger partial charge >= 0.3 is 6.18 Å². The van der Waals surface area contributed by atoms with Gasteiger partial charge in [-0.3, -0.25) is 0 Å². The van der Waals surface area contributed by atoms with Crippen molar-refractivity contribution in [1.82, 2.24) is 0 Å². The molecule has 2 rings (SSSR count). The van der Waals surface area contributed by atoms with Crippen LogP contribution in [0.2, 0.25) is 5.02 Å². The number of hydrogen-bond acceptors (Lipinski definition) is 1. The highest BCUT2D eigenvalue weighted by atomic mass is 35.5. The van der Waals surface area contributed by atoms with Gasteiger partial charge in [-0.1, -0.05) is 11.6 Å². The van der Waals surface area contributed by atoms with Gasteiger partial charge in [0.05, 0.1) is 11.6 Å². The van der Waals surface area contributed by atoms with Crippen molar-refractivity contribution in [3.8, 4) is 0 Å².